The molecular weight excluding hydrogens is 273 g/mol. The number of benzene rings is 1. The molecule has 6 nitrogen and oxygen atoms in total. The van der Waals surface area contributed by atoms with Gasteiger partial charge in [0.25, 0.3) is 0 Å². The molecule has 0 fully saturated rings. The highest BCUT2D eigenvalue weighted by Crippen LogP contribution is 2.16. The Balaban J connectivity index is 2.95. The zero-order valence-electron chi connectivity index (χ0n) is 10.6. The van der Waals surface area contributed by atoms with Gasteiger partial charge in [0, 0.05) is 12.5 Å². The van der Waals surface area contributed by atoms with Crippen molar-refractivity contribution in [2.45, 2.75) is 31.2 Å². The minimum absolute atomic E-state index is 0.0457. The number of amidine groups is 1. The van der Waals surface area contributed by atoms with Crippen LogP contribution in [0.1, 0.15) is 18.9 Å². The lowest BCUT2D eigenvalue weighted by molar-refractivity contribution is 0.316. The molecule has 0 bridgehead atoms. The summed E-state index contributed by atoms with van der Waals surface area (Å²) in [6, 6.07) is 2.95. The number of hydrogen-bond donors (Lipinski definition) is 3. The van der Waals surface area contributed by atoms with E-state index >= 15 is 0 Å². The molecule has 0 heterocycles. The summed E-state index contributed by atoms with van der Waals surface area (Å²) in [5.74, 6) is -0.721. The minimum Gasteiger partial charge on any atom is -0.409 e. The van der Waals surface area contributed by atoms with Crippen molar-refractivity contribution in [2.75, 3.05) is 0 Å². The van der Waals surface area contributed by atoms with E-state index in [-0.39, 0.29) is 17.2 Å². The number of sulfonamides is 1. The molecule has 0 amide bonds. The van der Waals surface area contributed by atoms with Gasteiger partial charge in [0.2, 0.25) is 10.0 Å². The third-order valence-electron chi connectivity index (χ3n) is 2.44. The van der Waals surface area contributed by atoms with E-state index in [0.717, 1.165) is 6.07 Å². The Morgan fingerprint density at radius 3 is 2.79 bits per heavy atom. The Labute approximate surface area is 111 Å². The van der Waals surface area contributed by atoms with Gasteiger partial charge in [0.1, 0.15) is 11.7 Å². The molecule has 8 heteroatoms. The lowest BCUT2D eigenvalue weighted by Crippen LogP contribution is -2.36. The Bertz CT molecular complexity index is 587. The van der Waals surface area contributed by atoms with Crippen molar-refractivity contribution in [3.63, 3.8) is 0 Å². The second kappa shape index (κ2) is 5.98. The summed E-state index contributed by atoms with van der Waals surface area (Å²) in [6.45, 7) is 3.13. The highest BCUT2D eigenvalue weighted by Gasteiger charge is 2.20. The van der Waals surface area contributed by atoms with Gasteiger partial charge < -0.3 is 10.9 Å². The molecule has 0 spiro atoms. The summed E-state index contributed by atoms with van der Waals surface area (Å²) < 4.78 is 39.6. The summed E-state index contributed by atoms with van der Waals surface area (Å²) in [6.07, 6.45) is 0.0457. The zero-order chi connectivity index (χ0) is 14.6. The normalized spacial score (nSPS) is 14.4. The fraction of sp³-hybridized carbons (Fsp3) is 0.364. The predicted octanol–water partition coefficient (Wildman–Crippen LogP) is 0.937. The fourth-order valence-corrected chi connectivity index (χ4v) is 3.09. The fourth-order valence-electron chi connectivity index (χ4n) is 1.59. The van der Waals surface area contributed by atoms with Crippen LogP contribution in [0.5, 0.6) is 0 Å². The molecule has 1 atom stereocenters. The lowest BCUT2D eigenvalue weighted by atomic mass is 10.2. The van der Waals surface area contributed by atoms with Crippen LogP contribution in [0.4, 0.5) is 4.39 Å². The molecule has 0 aliphatic carbocycles. The Morgan fingerprint density at radius 2 is 2.21 bits per heavy atom. The minimum atomic E-state index is -3.85. The molecule has 0 saturated heterocycles. The molecule has 1 rings (SSSR count). The number of oxime groups is 1. The second-order valence-electron chi connectivity index (χ2n) is 4.23. The maximum absolute atomic E-state index is 13.1. The van der Waals surface area contributed by atoms with Crippen LogP contribution in [0, 0.1) is 12.7 Å². The van der Waals surface area contributed by atoms with Crippen molar-refractivity contribution in [1.29, 1.82) is 0 Å². The summed E-state index contributed by atoms with van der Waals surface area (Å²) in [5.41, 5.74) is 5.73. The largest absolute Gasteiger partial charge is 0.409 e. The van der Waals surface area contributed by atoms with Gasteiger partial charge >= 0.3 is 0 Å². The molecule has 0 aliphatic heterocycles. The van der Waals surface area contributed by atoms with Gasteiger partial charge in [0.15, 0.2) is 0 Å². The van der Waals surface area contributed by atoms with Crippen molar-refractivity contribution in [3.05, 3.63) is 29.6 Å². The van der Waals surface area contributed by atoms with E-state index in [2.05, 4.69) is 9.88 Å². The standard InChI is InChI=1S/C11H16FN3O3S/c1-7-3-4-9(12)6-10(7)19(17,18)15-8(2)5-11(13)14-16/h3-4,6,8,15-16H,5H2,1-2H3,(H2,13,14). The summed E-state index contributed by atoms with van der Waals surface area (Å²) in [5, 5.41) is 11.2. The van der Waals surface area contributed by atoms with Crippen molar-refractivity contribution in [1.82, 2.24) is 4.72 Å². The quantitative estimate of drug-likeness (QED) is 0.324. The first-order valence-corrected chi connectivity index (χ1v) is 6.99. The molecule has 0 aromatic heterocycles. The van der Waals surface area contributed by atoms with Crippen LogP contribution in [0.2, 0.25) is 0 Å². The number of rotatable bonds is 5. The first-order valence-electron chi connectivity index (χ1n) is 5.51. The molecule has 0 radical (unpaired) electrons. The molecule has 1 aromatic carbocycles. The maximum atomic E-state index is 13.1. The lowest BCUT2D eigenvalue weighted by Gasteiger charge is -2.14. The van der Waals surface area contributed by atoms with Crippen molar-refractivity contribution in [2.24, 2.45) is 10.9 Å². The van der Waals surface area contributed by atoms with Crippen LogP contribution in [0.25, 0.3) is 0 Å². The average Bonchev–Trinajstić information content (AvgIpc) is 2.31. The van der Waals surface area contributed by atoms with Crippen molar-refractivity contribution < 1.29 is 18.0 Å². The Kier molecular flexibility index (Phi) is 4.84. The Hall–Kier alpha value is -1.67. The van der Waals surface area contributed by atoms with E-state index in [0.29, 0.717) is 5.56 Å². The SMILES string of the molecule is Cc1ccc(F)cc1S(=O)(=O)NC(C)CC(N)=NO. The van der Waals surface area contributed by atoms with Gasteiger partial charge in [-0.2, -0.15) is 0 Å². The van der Waals surface area contributed by atoms with E-state index in [4.69, 9.17) is 10.9 Å². The molecule has 19 heavy (non-hydrogen) atoms. The first kappa shape index (κ1) is 15.4. The number of nitrogens with zero attached hydrogens (tertiary/aromatic N) is 1. The zero-order valence-corrected chi connectivity index (χ0v) is 11.4. The molecule has 0 aliphatic rings. The maximum Gasteiger partial charge on any atom is 0.241 e. The number of halogens is 1. The summed E-state index contributed by atoms with van der Waals surface area (Å²) in [7, 11) is -3.85. The summed E-state index contributed by atoms with van der Waals surface area (Å²) in [4.78, 5) is -0.126. The van der Waals surface area contributed by atoms with Crippen LogP contribution >= 0.6 is 0 Å². The van der Waals surface area contributed by atoms with E-state index in [1.165, 1.54) is 12.1 Å². The van der Waals surface area contributed by atoms with Crippen LogP contribution in [-0.4, -0.2) is 25.5 Å². The molecule has 4 N–H and O–H groups in total. The van der Waals surface area contributed by atoms with Gasteiger partial charge in [-0.15, -0.1) is 0 Å². The van der Waals surface area contributed by atoms with Crippen LogP contribution in [0.15, 0.2) is 28.3 Å². The topological polar surface area (TPSA) is 105 Å². The monoisotopic (exact) mass is 289 g/mol. The average molecular weight is 289 g/mol. The van der Waals surface area contributed by atoms with Gasteiger partial charge in [0.05, 0.1) is 4.90 Å². The van der Waals surface area contributed by atoms with Crippen LogP contribution < -0.4 is 10.5 Å². The van der Waals surface area contributed by atoms with Gasteiger partial charge in [-0.1, -0.05) is 11.2 Å². The smallest absolute Gasteiger partial charge is 0.241 e. The second-order valence-corrected chi connectivity index (χ2v) is 5.91. The van der Waals surface area contributed by atoms with Gasteiger partial charge in [-0.3, -0.25) is 0 Å². The predicted molar refractivity (Wildman–Crippen MR) is 68.9 cm³/mol. The van der Waals surface area contributed by atoms with E-state index < -0.39 is 21.9 Å². The highest BCUT2D eigenvalue weighted by molar-refractivity contribution is 7.89. The number of hydrogen-bond acceptors (Lipinski definition) is 4. The van der Waals surface area contributed by atoms with E-state index in [1.807, 2.05) is 0 Å². The first-order chi connectivity index (χ1) is 8.76. The van der Waals surface area contributed by atoms with Crippen LogP contribution in [-0.2, 0) is 10.0 Å². The number of nitrogens with one attached hydrogen (secondary N) is 1. The third kappa shape index (κ3) is 4.18. The van der Waals surface area contributed by atoms with Crippen molar-refractivity contribution >= 4 is 15.9 Å². The molecular formula is C11H16FN3O3S. The van der Waals surface area contributed by atoms with Gasteiger partial charge in [-0.05, 0) is 31.5 Å². The highest BCUT2D eigenvalue weighted by atomic mass is 32.2. The van der Waals surface area contributed by atoms with Crippen molar-refractivity contribution in [3.8, 4) is 0 Å². The van der Waals surface area contributed by atoms with E-state index in [9.17, 15) is 12.8 Å². The molecule has 1 aromatic rings. The molecule has 1 unspecified atom stereocenters. The van der Waals surface area contributed by atoms with Gasteiger partial charge in [-0.25, -0.2) is 17.5 Å². The van der Waals surface area contributed by atoms with Crippen LogP contribution in [0.3, 0.4) is 0 Å². The number of aryl methyl sites for hydroxylation is 1. The molecule has 106 valence electrons. The van der Waals surface area contributed by atoms with E-state index in [1.54, 1.807) is 13.8 Å². The third-order valence-corrected chi connectivity index (χ3v) is 4.17. The molecule has 0 saturated carbocycles. The Morgan fingerprint density at radius 1 is 1.58 bits per heavy atom. The summed E-state index contributed by atoms with van der Waals surface area (Å²) >= 11 is 0. The number of nitrogens with two attached hydrogens (primary N) is 1.